The van der Waals surface area contributed by atoms with Gasteiger partial charge in [0.05, 0.1) is 6.07 Å². The smallest absolute Gasteiger partial charge is 0.203 e. The molecular formula is C27H25N2OS+. The molecule has 154 valence electrons. The molecule has 1 aliphatic heterocycles. The van der Waals surface area contributed by atoms with Crippen LogP contribution in [0.15, 0.2) is 87.0 Å². The first-order chi connectivity index (χ1) is 15.2. The lowest BCUT2D eigenvalue weighted by Gasteiger charge is -2.12. The van der Waals surface area contributed by atoms with E-state index in [1.54, 1.807) is 11.8 Å². The molecule has 5 rings (SSSR count). The molecule has 3 nitrogen and oxygen atoms in total. The zero-order chi connectivity index (χ0) is 21.4. The zero-order valence-corrected chi connectivity index (χ0v) is 18.9. The van der Waals surface area contributed by atoms with E-state index in [2.05, 4.69) is 98.1 Å². The van der Waals surface area contributed by atoms with Crippen LogP contribution in [0.5, 0.6) is 0 Å². The van der Waals surface area contributed by atoms with Crippen molar-refractivity contribution in [3.8, 4) is 11.5 Å². The summed E-state index contributed by atoms with van der Waals surface area (Å²) < 4.78 is 8.75. The highest BCUT2D eigenvalue weighted by Crippen LogP contribution is 2.38. The van der Waals surface area contributed by atoms with E-state index in [1.807, 2.05) is 0 Å². The predicted octanol–water partition coefficient (Wildman–Crippen LogP) is 6.36. The summed E-state index contributed by atoms with van der Waals surface area (Å²) in [7, 11) is 0. The van der Waals surface area contributed by atoms with E-state index in [0.717, 1.165) is 46.4 Å². The van der Waals surface area contributed by atoms with Gasteiger partial charge in [0, 0.05) is 21.2 Å². The Morgan fingerprint density at radius 1 is 0.871 bits per heavy atom. The maximum absolute atomic E-state index is 6.43. The minimum atomic E-state index is 0.817. The van der Waals surface area contributed by atoms with Gasteiger partial charge in [0.15, 0.2) is 11.3 Å². The Hall–Kier alpha value is -3.11. The summed E-state index contributed by atoms with van der Waals surface area (Å²) in [6, 6.07) is 25.5. The first kappa shape index (κ1) is 19.8. The lowest BCUT2D eigenvalue weighted by molar-refractivity contribution is 0.600. The van der Waals surface area contributed by atoms with E-state index in [9.17, 15) is 0 Å². The summed E-state index contributed by atoms with van der Waals surface area (Å²) in [5.74, 6) is 0.818. The molecule has 0 unspecified atom stereocenters. The standard InChI is InChI=1S/C27H25N2OS/c1-4-29(5-2)19-12-15-23-24(16-19)30-25-17-26(31-20-13-10-18(3)11-14-20)21-8-6-7-9-22(21)27(25)28-23/h6-17H,4-5H2,1-3H3/q+1. The molecule has 0 radical (unpaired) electrons. The highest BCUT2D eigenvalue weighted by molar-refractivity contribution is 7.99. The first-order valence-electron chi connectivity index (χ1n) is 10.7. The van der Waals surface area contributed by atoms with Gasteiger partial charge < -0.3 is 4.42 Å². The fraction of sp³-hybridized carbons (Fsp3) is 0.185. The Balaban J connectivity index is 1.75. The van der Waals surface area contributed by atoms with Crippen LogP contribution in [0.3, 0.4) is 0 Å². The van der Waals surface area contributed by atoms with E-state index >= 15 is 0 Å². The summed E-state index contributed by atoms with van der Waals surface area (Å²) in [5.41, 5.74) is 3.87. The summed E-state index contributed by atoms with van der Waals surface area (Å²) in [5, 5.41) is 3.48. The molecule has 0 spiro atoms. The molecule has 0 amide bonds. The van der Waals surface area contributed by atoms with E-state index in [0.29, 0.717) is 0 Å². The lowest BCUT2D eigenvalue weighted by Crippen LogP contribution is -2.29. The number of rotatable bonds is 4. The number of hydrogen-bond acceptors (Lipinski definition) is 3. The molecule has 0 N–H and O–H groups in total. The fourth-order valence-electron chi connectivity index (χ4n) is 4.01. The van der Waals surface area contributed by atoms with Gasteiger partial charge in [-0.3, -0.25) is 0 Å². The van der Waals surface area contributed by atoms with Gasteiger partial charge in [-0.25, -0.2) is 9.56 Å². The van der Waals surface area contributed by atoms with Gasteiger partial charge in [-0.1, -0.05) is 53.7 Å². The van der Waals surface area contributed by atoms with E-state index in [-0.39, 0.29) is 0 Å². The summed E-state index contributed by atoms with van der Waals surface area (Å²) in [4.78, 5) is 7.39. The highest BCUT2D eigenvalue weighted by atomic mass is 32.2. The second-order valence-corrected chi connectivity index (χ2v) is 8.84. The number of fused-ring (bicyclic) bond motifs is 4. The maximum Gasteiger partial charge on any atom is 0.203 e. The summed E-state index contributed by atoms with van der Waals surface area (Å²) >= 11 is 1.77. The molecule has 1 aliphatic carbocycles. The molecule has 4 heteroatoms. The monoisotopic (exact) mass is 425 g/mol. The Morgan fingerprint density at radius 3 is 2.35 bits per heavy atom. The number of nitrogens with zero attached hydrogens (tertiary/aromatic N) is 2. The molecule has 0 saturated carbocycles. The Morgan fingerprint density at radius 2 is 1.61 bits per heavy atom. The quantitative estimate of drug-likeness (QED) is 0.191. The van der Waals surface area contributed by atoms with E-state index < -0.39 is 0 Å². The molecule has 3 aromatic rings. The molecule has 31 heavy (non-hydrogen) atoms. The minimum Gasteiger partial charge on any atom is -0.452 e. The number of benzene rings is 4. The van der Waals surface area contributed by atoms with Crippen molar-refractivity contribution in [2.24, 2.45) is 0 Å². The molecule has 0 atom stereocenters. The SMILES string of the molecule is CC[N+](CC)=c1ccc2nc3c(cc(Sc4ccc(C)cc4)c4ccccc43)oc-2c1. The van der Waals surface area contributed by atoms with Gasteiger partial charge in [-0.2, -0.15) is 0 Å². The molecule has 1 heterocycles. The van der Waals surface area contributed by atoms with Crippen LogP contribution in [-0.4, -0.2) is 18.1 Å². The normalized spacial score (nSPS) is 11.5. The van der Waals surface area contributed by atoms with Crippen LogP contribution >= 0.6 is 11.8 Å². The summed E-state index contributed by atoms with van der Waals surface area (Å²) in [6.07, 6.45) is 0. The van der Waals surface area contributed by atoms with Crippen molar-refractivity contribution in [3.05, 3.63) is 83.7 Å². The maximum atomic E-state index is 6.43. The van der Waals surface area contributed by atoms with Gasteiger partial charge in [0.1, 0.15) is 24.3 Å². The van der Waals surface area contributed by atoms with Gasteiger partial charge in [-0.15, -0.1) is 0 Å². The molecule has 0 aromatic heterocycles. The van der Waals surface area contributed by atoms with Crippen molar-refractivity contribution in [2.45, 2.75) is 30.6 Å². The minimum absolute atomic E-state index is 0.817. The van der Waals surface area contributed by atoms with Crippen molar-refractivity contribution in [3.63, 3.8) is 0 Å². The Bertz CT molecular complexity index is 1430. The van der Waals surface area contributed by atoms with Crippen LogP contribution in [0.4, 0.5) is 0 Å². The van der Waals surface area contributed by atoms with Crippen molar-refractivity contribution < 1.29 is 4.42 Å². The Labute approximate surface area is 186 Å². The third-order valence-electron chi connectivity index (χ3n) is 5.72. The zero-order valence-electron chi connectivity index (χ0n) is 18.1. The molecule has 3 aromatic carbocycles. The molecule has 0 saturated heterocycles. The molecule has 0 fully saturated rings. The average molecular weight is 426 g/mol. The van der Waals surface area contributed by atoms with E-state index in [1.165, 1.54) is 20.7 Å². The number of aromatic nitrogens is 1. The van der Waals surface area contributed by atoms with Gasteiger partial charge >= 0.3 is 0 Å². The molecular weight excluding hydrogens is 400 g/mol. The van der Waals surface area contributed by atoms with Crippen LogP contribution < -0.4 is 9.93 Å². The number of hydrogen-bond donors (Lipinski definition) is 0. The van der Waals surface area contributed by atoms with Crippen molar-refractivity contribution in [1.29, 1.82) is 0 Å². The summed E-state index contributed by atoms with van der Waals surface area (Å²) in [6.45, 7) is 8.38. The van der Waals surface area contributed by atoms with Gasteiger partial charge in [0.25, 0.3) is 0 Å². The van der Waals surface area contributed by atoms with Gasteiger partial charge in [0.2, 0.25) is 5.36 Å². The van der Waals surface area contributed by atoms with Crippen LogP contribution in [0, 0.1) is 6.92 Å². The van der Waals surface area contributed by atoms with Crippen LogP contribution in [0.1, 0.15) is 19.4 Å². The fourth-order valence-corrected chi connectivity index (χ4v) is 4.99. The second-order valence-electron chi connectivity index (χ2n) is 7.72. The Kier molecular flexibility index (Phi) is 5.24. The van der Waals surface area contributed by atoms with Crippen molar-refractivity contribution >= 4 is 33.6 Å². The topological polar surface area (TPSA) is 29.0 Å². The average Bonchev–Trinajstić information content (AvgIpc) is 2.80. The lowest BCUT2D eigenvalue weighted by atomic mass is 10.1. The first-order valence-corrected chi connectivity index (χ1v) is 11.6. The largest absolute Gasteiger partial charge is 0.452 e. The van der Waals surface area contributed by atoms with Gasteiger partial charge in [-0.05, 0) is 50.4 Å². The van der Waals surface area contributed by atoms with Crippen LogP contribution in [-0.2, 0) is 0 Å². The third-order valence-corrected chi connectivity index (χ3v) is 6.78. The highest BCUT2D eigenvalue weighted by Gasteiger charge is 2.16. The van der Waals surface area contributed by atoms with Crippen molar-refractivity contribution in [1.82, 2.24) is 9.56 Å². The third kappa shape index (κ3) is 3.72. The predicted molar refractivity (Wildman–Crippen MR) is 130 cm³/mol. The molecule has 2 aliphatic rings. The van der Waals surface area contributed by atoms with Crippen LogP contribution in [0.25, 0.3) is 33.3 Å². The number of aryl methyl sites for hydroxylation is 1. The van der Waals surface area contributed by atoms with Crippen molar-refractivity contribution in [2.75, 3.05) is 13.1 Å². The van der Waals surface area contributed by atoms with Crippen LogP contribution in [0.2, 0.25) is 0 Å². The van der Waals surface area contributed by atoms with E-state index in [4.69, 9.17) is 9.40 Å². The second kappa shape index (κ2) is 8.20. The molecule has 0 bridgehead atoms.